The van der Waals surface area contributed by atoms with Crippen LogP contribution in [0.3, 0.4) is 0 Å². The van der Waals surface area contributed by atoms with Crippen LogP contribution < -0.4 is 0 Å². The average Bonchev–Trinajstić information content (AvgIpc) is 2.47. The van der Waals surface area contributed by atoms with Gasteiger partial charge in [0.25, 0.3) is 0 Å². The van der Waals surface area contributed by atoms with E-state index in [2.05, 4.69) is 6.92 Å². The summed E-state index contributed by atoms with van der Waals surface area (Å²) in [5.41, 5.74) is 1.31. The predicted octanol–water partition coefficient (Wildman–Crippen LogP) is 4.31. The number of phenols is 1. The number of rotatable bonds is 10. The molecule has 0 aliphatic rings. The summed E-state index contributed by atoms with van der Waals surface area (Å²) in [5.74, 6) is -0.120. The van der Waals surface area contributed by atoms with Crippen molar-refractivity contribution in [2.24, 2.45) is 0 Å². The Morgan fingerprint density at radius 3 is 2.10 bits per heavy atom. The molecule has 3 heteroatoms. The molecule has 0 amide bonds. The van der Waals surface area contributed by atoms with E-state index in [-0.39, 0.29) is 11.3 Å². The Labute approximate surface area is 121 Å². The van der Waals surface area contributed by atoms with Gasteiger partial charge in [0.2, 0.25) is 0 Å². The lowest BCUT2D eigenvalue weighted by atomic mass is 9.97. The highest BCUT2D eigenvalue weighted by Crippen LogP contribution is 2.23. The number of aldehydes is 2. The lowest BCUT2D eigenvalue weighted by Gasteiger charge is -2.08. The van der Waals surface area contributed by atoms with Crippen molar-refractivity contribution in [3.63, 3.8) is 0 Å². The van der Waals surface area contributed by atoms with Crippen molar-refractivity contribution >= 4 is 12.6 Å². The van der Waals surface area contributed by atoms with Crippen LogP contribution in [0.25, 0.3) is 0 Å². The van der Waals surface area contributed by atoms with Gasteiger partial charge < -0.3 is 5.11 Å². The zero-order valence-corrected chi connectivity index (χ0v) is 12.2. The van der Waals surface area contributed by atoms with Gasteiger partial charge in [0, 0.05) is 5.56 Å². The molecule has 3 nitrogen and oxygen atoms in total. The fourth-order valence-corrected chi connectivity index (χ4v) is 2.42. The number of hydrogen-bond donors (Lipinski definition) is 1. The van der Waals surface area contributed by atoms with E-state index in [0.717, 1.165) is 24.8 Å². The molecule has 0 heterocycles. The van der Waals surface area contributed by atoms with E-state index in [4.69, 9.17) is 0 Å². The largest absolute Gasteiger partial charge is 0.507 e. The number of carbonyl (C=O) groups excluding carboxylic acids is 2. The molecule has 1 aromatic rings. The highest BCUT2D eigenvalue weighted by Gasteiger charge is 2.11. The van der Waals surface area contributed by atoms with Gasteiger partial charge in [-0.05, 0) is 24.5 Å². The third kappa shape index (κ3) is 4.80. The van der Waals surface area contributed by atoms with Gasteiger partial charge in [0.1, 0.15) is 5.75 Å². The fourth-order valence-electron chi connectivity index (χ4n) is 2.42. The van der Waals surface area contributed by atoms with E-state index in [1.54, 1.807) is 6.07 Å². The van der Waals surface area contributed by atoms with E-state index >= 15 is 0 Å². The Morgan fingerprint density at radius 2 is 1.50 bits per heavy atom. The molecule has 0 fully saturated rings. The van der Waals surface area contributed by atoms with E-state index < -0.39 is 0 Å². The molecule has 0 radical (unpaired) electrons. The Bertz CT molecular complexity index is 438. The van der Waals surface area contributed by atoms with Crippen LogP contribution in [0.1, 0.15) is 78.1 Å². The minimum absolute atomic E-state index is 0.112. The summed E-state index contributed by atoms with van der Waals surface area (Å²) in [6.45, 7) is 2.20. The maximum atomic E-state index is 11.1. The number of benzene rings is 1. The topological polar surface area (TPSA) is 54.4 Å². The van der Waals surface area contributed by atoms with Crippen LogP contribution in [0, 0.1) is 0 Å². The van der Waals surface area contributed by atoms with E-state index in [0.29, 0.717) is 18.1 Å². The van der Waals surface area contributed by atoms with Gasteiger partial charge in [-0.15, -0.1) is 0 Å². The van der Waals surface area contributed by atoms with Gasteiger partial charge in [0.05, 0.1) is 5.56 Å². The molecule has 0 spiro atoms. The number of carbonyl (C=O) groups is 2. The van der Waals surface area contributed by atoms with Crippen molar-refractivity contribution in [1.82, 2.24) is 0 Å². The molecule has 0 saturated heterocycles. The molecule has 0 aliphatic heterocycles. The Morgan fingerprint density at radius 1 is 0.900 bits per heavy atom. The Balaban J connectivity index is 2.48. The van der Waals surface area contributed by atoms with Gasteiger partial charge in [-0.3, -0.25) is 9.59 Å². The van der Waals surface area contributed by atoms with E-state index in [1.807, 2.05) is 0 Å². The Kier molecular flexibility index (Phi) is 7.63. The molecule has 0 aliphatic carbocycles. The van der Waals surface area contributed by atoms with Crippen LogP contribution in [-0.2, 0) is 6.42 Å². The second kappa shape index (κ2) is 9.29. The first-order chi connectivity index (χ1) is 9.74. The summed E-state index contributed by atoms with van der Waals surface area (Å²) < 4.78 is 0. The van der Waals surface area contributed by atoms with Gasteiger partial charge in [-0.25, -0.2) is 0 Å². The predicted molar refractivity (Wildman–Crippen MR) is 80.6 cm³/mol. The normalized spacial score (nSPS) is 10.4. The van der Waals surface area contributed by atoms with Gasteiger partial charge in [0.15, 0.2) is 12.6 Å². The minimum Gasteiger partial charge on any atom is -0.507 e. The third-order valence-corrected chi connectivity index (χ3v) is 3.64. The lowest BCUT2D eigenvalue weighted by molar-refractivity contribution is 0.109. The second-order valence-electron chi connectivity index (χ2n) is 5.18. The summed E-state index contributed by atoms with van der Waals surface area (Å²) in [7, 11) is 0. The molecule has 0 atom stereocenters. The Hall–Kier alpha value is -1.64. The first-order valence-electron chi connectivity index (χ1n) is 7.49. The van der Waals surface area contributed by atoms with Crippen molar-refractivity contribution < 1.29 is 14.7 Å². The standard InChI is InChI=1S/C17H24O3/c1-2-3-4-5-6-7-8-9-14-10-11-17(20)16(13-19)15(14)12-18/h10-13,20H,2-9H2,1H3. The minimum atomic E-state index is -0.120. The van der Waals surface area contributed by atoms with Crippen molar-refractivity contribution in [2.45, 2.75) is 58.3 Å². The molecule has 1 rings (SSSR count). The molecule has 110 valence electrons. The fraction of sp³-hybridized carbons (Fsp3) is 0.529. The van der Waals surface area contributed by atoms with Gasteiger partial charge in [-0.2, -0.15) is 0 Å². The first kappa shape index (κ1) is 16.4. The van der Waals surface area contributed by atoms with Crippen LogP contribution in [0.15, 0.2) is 12.1 Å². The summed E-state index contributed by atoms with van der Waals surface area (Å²) in [6.07, 6.45) is 10.5. The third-order valence-electron chi connectivity index (χ3n) is 3.64. The molecule has 0 bridgehead atoms. The number of aryl methyl sites for hydroxylation is 1. The van der Waals surface area contributed by atoms with Crippen LogP contribution >= 0.6 is 0 Å². The molecule has 0 saturated carbocycles. The van der Waals surface area contributed by atoms with Gasteiger partial charge in [-0.1, -0.05) is 51.5 Å². The van der Waals surface area contributed by atoms with Crippen molar-refractivity contribution in [3.8, 4) is 5.75 Å². The quantitative estimate of drug-likeness (QED) is 0.511. The van der Waals surface area contributed by atoms with Gasteiger partial charge >= 0.3 is 0 Å². The SMILES string of the molecule is CCCCCCCCCc1ccc(O)c(C=O)c1C=O. The molecule has 1 aromatic carbocycles. The molecule has 0 unspecified atom stereocenters. The maximum Gasteiger partial charge on any atom is 0.154 e. The number of hydrogen-bond acceptors (Lipinski definition) is 3. The number of aromatic hydroxyl groups is 1. The van der Waals surface area contributed by atoms with Crippen LogP contribution in [-0.4, -0.2) is 17.7 Å². The smallest absolute Gasteiger partial charge is 0.154 e. The number of unbranched alkanes of at least 4 members (excludes halogenated alkanes) is 6. The highest BCUT2D eigenvalue weighted by atomic mass is 16.3. The van der Waals surface area contributed by atoms with Crippen LogP contribution in [0.2, 0.25) is 0 Å². The second-order valence-corrected chi connectivity index (χ2v) is 5.18. The number of phenolic OH excluding ortho intramolecular Hbond substituents is 1. The maximum absolute atomic E-state index is 11.1. The van der Waals surface area contributed by atoms with Crippen molar-refractivity contribution in [1.29, 1.82) is 0 Å². The lowest BCUT2D eigenvalue weighted by Crippen LogP contribution is -1.99. The van der Waals surface area contributed by atoms with Crippen LogP contribution in [0.5, 0.6) is 5.75 Å². The summed E-state index contributed by atoms with van der Waals surface area (Å²) in [5, 5.41) is 9.55. The summed E-state index contributed by atoms with van der Waals surface area (Å²) in [4.78, 5) is 22.0. The highest BCUT2D eigenvalue weighted by molar-refractivity contribution is 5.94. The zero-order chi connectivity index (χ0) is 14.8. The first-order valence-corrected chi connectivity index (χ1v) is 7.49. The molecule has 0 aromatic heterocycles. The zero-order valence-electron chi connectivity index (χ0n) is 12.2. The molecular weight excluding hydrogens is 252 g/mol. The van der Waals surface area contributed by atoms with Crippen LogP contribution in [0.4, 0.5) is 0 Å². The van der Waals surface area contributed by atoms with Crippen molar-refractivity contribution in [3.05, 3.63) is 28.8 Å². The monoisotopic (exact) mass is 276 g/mol. The molecule has 20 heavy (non-hydrogen) atoms. The summed E-state index contributed by atoms with van der Waals surface area (Å²) in [6, 6.07) is 3.23. The van der Waals surface area contributed by atoms with E-state index in [1.165, 1.54) is 38.2 Å². The van der Waals surface area contributed by atoms with Crippen molar-refractivity contribution in [2.75, 3.05) is 0 Å². The summed E-state index contributed by atoms with van der Waals surface area (Å²) >= 11 is 0. The molecule has 1 N–H and O–H groups in total. The molecular formula is C17H24O3. The average molecular weight is 276 g/mol. The van der Waals surface area contributed by atoms with E-state index in [9.17, 15) is 14.7 Å².